The van der Waals surface area contributed by atoms with Crippen LogP contribution in [0.4, 0.5) is 16.2 Å². The molecule has 0 N–H and O–H groups in total. The third-order valence-corrected chi connectivity index (χ3v) is 5.94. The van der Waals surface area contributed by atoms with E-state index >= 15 is 0 Å². The average Bonchev–Trinajstić information content (AvgIpc) is 3.22. The molecule has 10 heteroatoms. The summed E-state index contributed by atoms with van der Waals surface area (Å²) in [6.07, 6.45) is -1.54. The molecule has 1 fully saturated rings. The van der Waals surface area contributed by atoms with E-state index in [0.29, 0.717) is 16.3 Å². The fourth-order valence-corrected chi connectivity index (χ4v) is 4.58. The maximum atomic E-state index is 14.1. The molecule has 3 atom stereocenters. The van der Waals surface area contributed by atoms with Gasteiger partial charge in [0.2, 0.25) is 5.54 Å². The summed E-state index contributed by atoms with van der Waals surface area (Å²) in [5.41, 5.74) is -1.86. The van der Waals surface area contributed by atoms with E-state index < -0.39 is 40.2 Å². The third kappa shape index (κ3) is 3.52. The summed E-state index contributed by atoms with van der Waals surface area (Å²) in [6, 6.07) is 11.5. The average molecular weight is 474 g/mol. The molecule has 174 valence electrons. The molecule has 2 amide bonds. The summed E-state index contributed by atoms with van der Waals surface area (Å²) < 4.78 is 5.48. The standard InChI is InChI=1S/C23H24ClN3O6/c1-5-18-19(27(30)31)23(26(33-18)15-12-10-14(24)11-13-15)16-8-6-7-9-17(16)25(20(23)28)21(29)32-22(2,3)4/h6-13,18-19H,5H2,1-4H3/t18-,19-,23-/m0/s1. The number of carbonyl (C=O) groups is 2. The molecule has 0 radical (unpaired) electrons. The lowest BCUT2D eigenvalue weighted by Crippen LogP contribution is -2.59. The number of para-hydroxylation sites is 1. The van der Waals surface area contributed by atoms with Crippen LogP contribution < -0.4 is 9.96 Å². The smallest absolute Gasteiger partial charge is 0.421 e. The van der Waals surface area contributed by atoms with Crippen LogP contribution in [0.25, 0.3) is 0 Å². The Kier molecular flexibility index (Phi) is 5.58. The second kappa shape index (κ2) is 8.00. The van der Waals surface area contributed by atoms with Crippen molar-refractivity contribution in [1.29, 1.82) is 0 Å². The molecule has 2 heterocycles. The quantitative estimate of drug-likeness (QED) is 0.470. The van der Waals surface area contributed by atoms with E-state index in [4.69, 9.17) is 21.2 Å². The Morgan fingerprint density at radius 3 is 2.42 bits per heavy atom. The van der Waals surface area contributed by atoms with Crippen molar-refractivity contribution in [2.24, 2.45) is 0 Å². The number of fused-ring (bicyclic) bond motifs is 2. The highest BCUT2D eigenvalue weighted by molar-refractivity contribution is 6.30. The van der Waals surface area contributed by atoms with Gasteiger partial charge in [0.15, 0.2) is 6.10 Å². The van der Waals surface area contributed by atoms with Crippen LogP contribution in [0.1, 0.15) is 39.7 Å². The molecule has 1 saturated heterocycles. The summed E-state index contributed by atoms with van der Waals surface area (Å²) in [4.78, 5) is 46.1. The number of nitro groups is 1. The van der Waals surface area contributed by atoms with Crippen molar-refractivity contribution in [2.75, 3.05) is 9.96 Å². The second-order valence-corrected chi connectivity index (χ2v) is 9.39. The predicted molar refractivity (Wildman–Crippen MR) is 122 cm³/mol. The van der Waals surface area contributed by atoms with Gasteiger partial charge in [-0.2, -0.15) is 0 Å². The monoisotopic (exact) mass is 473 g/mol. The topological polar surface area (TPSA) is 102 Å². The maximum absolute atomic E-state index is 14.1. The molecular weight excluding hydrogens is 450 g/mol. The van der Waals surface area contributed by atoms with E-state index in [9.17, 15) is 19.7 Å². The molecular formula is C23H24ClN3O6. The second-order valence-electron chi connectivity index (χ2n) is 8.96. The van der Waals surface area contributed by atoms with Gasteiger partial charge in [0, 0.05) is 15.5 Å². The van der Waals surface area contributed by atoms with Gasteiger partial charge in [-0.25, -0.2) is 14.8 Å². The Morgan fingerprint density at radius 2 is 1.85 bits per heavy atom. The van der Waals surface area contributed by atoms with E-state index in [-0.39, 0.29) is 12.1 Å². The number of ether oxygens (including phenoxy) is 1. The Bertz CT molecular complexity index is 1120. The van der Waals surface area contributed by atoms with Crippen molar-refractivity contribution in [3.05, 3.63) is 69.2 Å². The Labute approximate surface area is 195 Å². The molecule has 1 spiro atoms. The van der Waals surface area contributed by atoms with Crippen LogP contribution in [0.3, 0.4) is 0 Å². The molecule has 0 aliphatic carbocycles. The van der Waals surface area contributed by atoms with Crippen LogP contribution in [-0.4, -0.2) is 34.7 Å². The summed E-state index contributed by atoms with van der Waals surface area (Å²) in [7, 11) is 0. The number of carbonyl (C=O) groups excluding carboxylic acids is 2. The lowest BCUT2D eigenvalue weighted by Gasteiger charge is -2.33. The molecule has 0 aromatic heterocycles. The number of hydroxylamine groups is 1. The fraction of sp³-hybridized carbons (Fsp3) is 0.391. The van der Waals surface area contributed by atoms with Gasteiger partial charge in [0.25, 0.3) is 11.9 Å². The van der Waals surface area contributed by atoms with Crippen LogP contribution in [0.5, 0.6) is 0 Å². The largest absolute Gasteiger partial charge is 0.443 e. The number of hydrogen-bond acceptors (Lipinski definition) is 7. The van der Waals surface area contributed by atoms with E-state index in [1.54, 1.807) is 76.2 Å². The van der Waals surface area contributed by atoms with Gasteiger partial charge in [-0.1, -0.05) is 36.7 Å². The van der Waals surface area contributed by atoms with Crippen molar-refractivity contribution in [1.82, 2.24) is 0 Å². The molecule has 2 aliphatic rings. The molecule has 0 bridgehead atoms. The first-order valence-electron chi connectivity index (χ1n) is 10.6. The normalized spacial score (nSPS) is 24.3. The minimum atomic E-state index is -1.91. The lowest BCUT2D eigenvalue weighted by atomic mass is 9.81. The molecule has 4 rings (SSSR count). The van der Waals surface area contributed by atoms with Gasteiger partial charge in [-0.15, -0.1) is 0 Å². The SMILES string of the molecule is CC[C@@H]1ON(c2ccc(Cl)cc2)[C@]2(C(=O)N(C(=O)OC(C)(C)C)c3ccccc32)[C@H]1[N+](=O)[O-]. The van der Waals surface area contributed by atoms with Crippen LogP contribution in [0.2, 0.25) is 5.02 Å². The molecule has 2 aromatic carbocycles. The number of amides is 2. The number of halogens is 1. The number of benzene rings is 2. The number of anilines is 2. The van der Waals surface area contributed by atoms with Crippen LogP contribution >= 0.6 is 11.6 Å². The lowest BCUT2D eigenvalue weighted by molar-refractivity contribution is -0.534. The van der Waals surface area contributed by atoms with Gasteiger partial charge >= 0.3 is 6.09 Å². The first kappa shape index (κ1) is 23.0. The fourth-order valence-electron chi connectivity index (χ4n) is 4.45. The number of imide groups is 1. The van der Waals surface area contributed by atoms with E-state index in [1.165, 1.54) is 5.06 Å². The molecule has 9 nitrogen and oxygen atoms in total. The minimum Gasteiger partial charge on any atom is -0.443 e. The molecule has 33 heavy (non-hydrogen) atoms. The Balaban J connectivity index is 1.97. The van der Waals surface area contributed by atoms with Gasteiger partial charge < -0.3 is 4.74 Å². The van der Waals surface area contributed by atoms with E-state index in [1.807, 2.05) is 0 Å². The summed E-state index contributed by atoms with van der Waals surface area (Å²) in [5.74, 6) is -0.800. The van der Waals surface area contributed by atoms with Crippen LogP contribution in [-0.2, 0) is 19.9 Å². The van der Waals surface area contributed by atoms with Gasteiger partial charge in [-0.3, -0.25) is 19.7 Å². The zero-order valence-electron chi connectivity index (χ0n) is 18.6. The van der Waals surface area contributed by atoms with Crippen LogP contribution in [0.15, 0.2) is 48.5 Å². The first-order valence-corrected chi connectivity index (χ1v) is 10.9. The molecule has 0 saturated carbocycles. The summed E-state index contributed by atoms with van der Waals surface area (Å²) in [5, 5.41) is 14.1. The van der Waals surface area contributed by atoms with E-state index in [0.717, 1.165) is 4.90 Å². The Hall–Kier alpha value is -3.17. The van der Waals surface area contributed by atoms with Crippen LogP contribution in [0, 0.1) is 10.1 Å². The highest BCUT2D eigenvalue weighted by Crippen LogP contribution is 2.54. The number of hydrogen-bond donors (Lipinski definition) is 0. The summed E-state index contributed by atoms with van der Waals surface area (Å²) in [6.45, 7) is 6.79. The Morgan fingerprint density at radius 1 is 1.21 bits per heavy atom. The number of rotatable bonds is 3. The number of nitrogens with zero attached hydrogens (tertiary/aromatic N) is 3. The zero-order valence-corrected chi connectivity index (χ0v) is 19.4. The van der Waals surface area contributed by atoms with Gasteiger partial charge in [-0.05, 0) is 57.5 Å². The first-order chi connectivity index (χ1) is 15.5. The highest BCUT2D eigenvalue weighted by atomic mass is 35.5. The zero-order chi connectivity index (χ0) is 24.1. The van der Waals surface area contributed by atoms with Crippen molar-refractivity contribution in [3.63, 3.8) is 0 Å². The van der Waals surface area contributed by atoms with Crippen molar-refractivity contribution in [3.8, 4) is 0 Å². The molecule has 0 unspecified atom stereocenters. The van der Waals surface area contributed by atoms with E-state index in [2.05, 4.69) is 0 Å². The van der Waals surface area contributed by atoms with Gasteiger partial charge in [0.05, 0.1) is 11.4 Å². The summed E-state index contributed by atoms with van der Waals surface area (Å²) >= 11 is 6.04. The van der Waals surface area contributed by atoms with Crippen molar-refractivity contribution >= 4 is 35.0 Å². The molecule has 2 aromatic rings. The van der Waals surface area contributed by atoms with Crippen molar-refractivity contribution < 1.29 is 24.1 Å². The highest BCUT2D eigenvalue weighted by Gasteiger charge is 2.73. The minimum absolute atomic E-state index is 0.225. The predicted octanol–water partition coefficient (Wildman–Crippen LogP) is 4.69. The van der Waals surface area contributed by atoms with Gasteiger partial charge in [0.1, 0.15) is 5.60 Å². The molecule has 2 aliphatic heterocycles. The van der Waals surface area contributed by atoms with Crippen molar-refractivity contribution in [2.45, 2.75) is 57.4 Å². The third-order valence-electron chi connectivity index (χ3n) is 5.69. The maximum Gasteiger partial charge on any atom is 0.421 e.